The summed E-state index contributed by atoms with van der Waals surface area (Å²) in [6, 6.07) is 23.8. The van der Waals surface area contributed by atoms with E-state index in [1.807, 2.05) is 6.20 Å². The molecule has 3 heteroatoms. The predicted octanol–water partition coefficient (Wildman–Crippen LogP) is 2.52. The van der Waals surface area contributed by atoms with E-state index < -0.39 is 7.26 Å². The first kappa shape index (κ1) is 13.9. The van der Waals surface area contributed by atoms with Crippen LogP contribution in [0.5, 0.6) is 0 Å². The van der Waals surface area contributed by atoms with Gasteiger partial charge in [0.1, 0.15) is 0 Å². The van der Waals surface area contributed by atoms with Crippen molar-refractivity contribution in [1.29, 1.82) is 0 Å². The zero-order valence-corrected chi connectivity index (χ0v) is 13.1. The first-order chi connectivity index (χ1) is 10.4. The van der Waals surface area contributed by atoms with E-state index >= 15 is 0 Å². The minimum absolute atomic E-state index is 1.10. The molecule has 0 aliphatic heterocycles. The van der Waals surface area contributed by atoms with E-state index in [0.717, 1.165) is 6.16 Å². The molecule has 106 valence electrons. The Balaban J connectivity index is 2.29. The fraction of sp³-hybridized carbons (Fsp3) is 0.111. The van der Waals surface area contributed by atoms with E-state index in [9.17, 15) is 0 Å². The molecule has 0 unspecified atom stereocenters. The van der Waals surface area contributed by atoms with Gasteiger partial charge in [0.25, 0.3) is 0 Å². The number of hydrogen-bond acceptors (Lipinski definition) is 2. The molecule has 0 spiro atoms. The number of aromatic nitrogens is 2. The van der Waals surface area contributed by atoms with Crippen molar-refractivity contribution in [1.82, 2.24) is 10.2 Å². The van der Waals surface area contributed by atoms with E-state index in [4.69, 9.17) is 0 Å². The van der Waals surface area contributed by atoms with Crippen molar-refractivity contribution in [3.63, 3.8) is 0 Å². The van der Waals surface area contributed by atoms with E-state index in [1.165, 1.54) is 15.9 Å². The van der Waals surface area contributed by atoms with Crippen LogP contribution in [0.3, 0.4) is 0 Å². The van der Waals surface area contributed by atoms with Gasteiger partial charge in [-0.2, -0.15) is 0 Å². The van der Waals surface area contributed by atoms with Crippen LogP contribution in [-0.2, 0) is 0 Å². The second-order valence-corrected chi connectivity index (χ2v) is 9.37. The molecule has 2 aromatic carbocycles. The first-order valence-corrected chi connectivity index (χ1v) is 9.47. The Bertz CT molecular complexity index is 588. The summed E-state index contributed by atoms with van der Waals surface area (Å²) in [5.74, 6) is 0. The first-order valence-electron chi connectivity index (χ1n) is 7.26. The van der Waals surface area contributed by atoms with Gasteiger partial charge in [0.05, 0.1) is 0 Å². The molecule has 0 aliphatic rings. The number of hydrogen-bond donors (Lipinski definition) is 0. The summed E-state index contributed by atoms with van der Waals surface area (Å²) in [7, 11) is -2.00. The van der Waals surface area contributed by atoms with Crippen LogP contribution in [0.2, 0.25) is 0 Å². The van der Waals surface area contributed by atoms with Gasteiger partial charge in [-0.25, -0.2) is 0 Å². The normalized spacial score (nSPS) is 12.0. The van der Waals surface area contributed by atoms with E-state index in [1.54, 1.807) is 6.20 Å². The Labute approximate surface area is 126 Å². The summed E-state index contributed by atoms with van der Waals surface area (Å²) >= 11 is 0. The maximum absolute atomic E-state index is 4.13. The van der Waals surface area contributed by atoms with E-state index in [2.05, 4.69) is 83.9 Å². The van der Waals surface area contributed by atoms with Crippen LogP contribution in [0.4, 0.5) is 0 Å². The molecule has 0 saturated carbocycles. The van der Waals surface area contributed by atoms with E-state index in [-0.39, 0.29) is 0 Å². The molecule has 0 radical (unpaired) electrons. The second kappa shape index (κ2) is 6.15. The maximum atomic E-state index is 4.13. The van der Waals surface area contributed by atoms with Gasteiger partial charge in [-0.05, 0) is 0 Å². The molecule has 0 aliphatic carbocycles. The van der Waals surface area contributed by atoms with Gasteiger partial charge in [-0.15, -0.1) is 0 Å². The number of nitrogens with zero attached hydrogens (tertiary/aromatic N) is 2. The summed E-state index contributed by atoms with van der Waals surface area (Å²) in [6.45, 7) is 2.28. The summed E-state index contributed by atoms with van der Waals surface area (Å²) in [5, 5.41) is 12.2. The topological polar surface area (TPSA) is 25.8 Å². The average molecular weight is 294 g/mol. The quantitative estimate of drug-likeness (QED) is 0.691. The van der Waals surface area contributed by atoms with E-state index in [0.29, 0.717) is 0 Å². The fourth-order valence-electron chi connectivity index (χ4n) is 3.10. The van der Waals surface area contributed by atoms with Crippen molar-refractivity contribution < 1.29 is 0 Å². The van der Waals surface area contributed by atoms with Crippen molar-refractivity contribution in [2.75, 3.05) is 6.16 Å². The molecular formula is C18H19N2P. The molecule has 3 rings (SSSR count). The number of rotatable bonds is 4. The van der Waals surface area contributed by atoms with Crippen molar-refractivity contribution in [3.05, 3.63) is 79.1 Å². The summed E-state index contributed by atoms with van der Waals surface area (Å²) in [5.41, 5.74) is 0. The zero-order valence-electron chi connectivity index (χ0n) is 12.1. The van der Waals surface area contributed by atoms with Gasteiger partial charge in [0, 0.05) is 0 Å². The Kier molecular flexibility index (Phi) is 4.08. The summed E-state index contributed by atoms with van der Waals surface area (Å²) < 4.78 is 0. The number of benzene rings is 2. The molecule has 0 fully saturated rings. The predicted molar refractivity (Wildman–Crippen MR) is 92.7 cm³/mol. The van der Waals surface area contributed by atoms with Crippen molar-refractivity contribution in [3.8, 4) is 0 Å². The van der Waals surface area contributed by atoms with Crippen LogP contribution >= 0.6 is 7.26 Å². The van der Waals surface area contributed by atoms with Gasteiger partial charge < -0.3 is 0 Å². The van der Waals surface area contributed by atoms with Gasteiger partial charge in [-0.1, -0.05) is 0 Å². The third-order valence-corrected chi connectivity index (χ3v) is 9.12. The third-order valence-electron chi connectivity index (χ3n) is 4.14. The SMILES string of the molecule is CC[PH](c1ccccc1)(c1ccccc1)c1ccnnc1. The van der Waals surface area contributed by atoms with Crippen LogP contribution in [0.15, 0.2) is 79.1 Å². The van der Waals surface area contributed by atoms with Crippen LogP contribution in [0.25, 0.3) is 0 Å². The van der Waals surface area contributed by atoms with Gasteiger partial charge in [-0.3, -0.25) is 0 Å². The Hall–Kier alpha value is -2.05. The van der Waals surface area contributed by atoms with Crippen molar-refractivity contribution >= 4 is 23.2 Å². The molecule has 1 heterocycles. The molecule has 3 aromatic rings. The van der Waals surface area contributed by atoms with Gasteiger partial charge in [0.15, 0.2) is 0 Å². The molecule has 0 amide bonds. The molecule has 1 aromatic heterocycles. The summed E-state index contributed by atoms with van der Waals surface area (Å²) in [6.07, 6.45) is 4.85. The van der Waals surface area contributed by atoms with Crippen LogP contribution in [-0.4, -0.2) is 16.4 Å². The molecule has 2 nitrogen and oxygen atoms in total. The monoisotopic (exact) mass is 294 g/mol. The average Bonchev–Trinajstić information content (AvgIpc) is 2.59. The third kappa shape index (κ3) is 2.48. The molecule has 21 heavy (non-hydrogen) atoms. The zero-order chi connectivity index (χ0) is 14.5. The fourth-order valence-corrected chi connectivity index (χ4v) is 7.49. The van der Waals surface area contributed by atoms with Crippen molar-refractivity contribution in [2.24, 2.45) is 0 Å². The Morgan fingerprint density at radius 3 is 1.71 bits per heavy atom. The molecule has 0 atom stereocenters. The Morgan fingerprint density at radius 2 is 1.29 bits per heavy atom. The van der Waals surface area contributed by atoms with Gasteiger partial charge >= 0.3 is 126 Å². The molecule has 0 bridgehead atoms. The molecule has 0 N–H and O–H groups in total. The molecular weight excluding hydrogens is 275 g/mol. The summed E-state index contributed by atoms with van der Waals surface area (Å²) in [4.78, 5) is 0. The second-order valence-electron chi connectivity index (χ2n) is 5.12. The van der Waals surface area contributed by atoms with Crippen molar-refractivity contribution in [2.45, 2.75) is 6.92 Å². The van der Waals surface area contributed by atoms with Crippen LogP contribution in [0, 0.1) is 0 Å². The minimum atomic E-state index is -2.00. The van der Waals surface area contributed by atoms with Crippen LogP contribution < -0.4 is 15.9 Å². The van der Waals surface area contributed by atoms with Gasteiger partial charge in [0.2, 0.25) is 0 Å². The van der Waals surface area contributed by atoms with Crippen LogP contribution in [0.1, 0.15) is 6.92 Å². The Morgan fingerprint density at radius 1 is 0.714 bits per heavy atom. The molecule has 0 saturated heterocycles. The standard InChI is InChI=1S/C18H19N2P/c1-2-21(16-9-5-3-6-10-16,17-11-7-4-8-12-17)18-13-14-19-20-15-18/h3-15,21H,2H2,1H3.